The number of amides is 1. The number of nitrogens with two attached hydrogens (primary N) is 1. The largest absolute Gasteiger partial charge is 0.366 e. The van der Waals surface area contributed by atoms with Gasteiger partial charge < -0.3 is 11.1 Å². The molecule has 0 saturated carbocycles. The zero-order valence-electron chi connectivity index (χ0n) is 11.0. The quantitative estimate of drug-likeness (QED) is 0.805. The van der Waals surface area contributed by atoms with Crippen molar-refractivity contribution < 1.29 is 13.2 Å². The van der Waals surface area contributed by atoms with Crippen LogP contribution in [0.1, 0.15) is 16.8 Å². The molecule has 2 fully saturated rings. The second-order valence-corrected chi connectivity index (χ2v) is 7.17. The van der Waals surface area contributed by atoms with Gasteiger partial charge in [-0.1, -0.05) is 0 Å². The van der Waals surface area contributed by atoms with Crippen molar-refractivity contribution in [2.75, 3.05) is 19.6 Å². The number of rotatable bonds is 3. The molecule has 2 atom stereocenters. The number of carbonyl (C=O) groups excluding carboxylic acids is 1. The molecule has 0 bridgehead atoms. The molecule has 2 heterocycles. The maximum Gasteiger partial charge on any atom is 0.248 e. The summed E-state index contributed by atoms with van der Waals surface area (Å²) in [6.07, 6.45) is 0.899. The third kappa shape index (κ3) is 2.11. The van der Waals surface area contributed by atoms with Gasteiger partial charge in [-0.25, -0.2) is 8.42 Å². The van der Waals surface area contributed by atoms with Gasteiger partial charge in [-0.3, -0.25) is 4.79 Å². The highest BCUT2D eigenvalue weighted by Crippen LogP contribution is 2.32. The summed E-state index contributed by atoms with van der Waals surface area (Å²) in [6.45, 7) is 2.16. The maximum absolute atomic E-state index is 12.6. The molecule has 1 aromatic rings. The molecule has 0 aromatic heterocycles. The van der Waals surface area contributed by atoms with E-state index in [0.29, 0.717) is 24.6 Å². The van der Waals surface area contributed by atoms with Crippen LogP contribution in [0.15, 0.2) is 29.2 Å². The normalized spacial score (nSPS) is 26.6. The Hall–Kier alpha value is -1.44. The number of primary amides is 1. The molecule has 0 aliphatic carbocycles. The van der Waals surface area contributed by atoms with E-state index in [9.17, 15) is 13.2 Å². The molecule has 0 unspecified atom stereocenters. The van der Waals surface area contributed by atoms with Gasteiger partial charge in [0.25, 0.3) is 0 Å². The van der Waals surface area contributed by atoms with E-state index in [1.165, 1.54) is 24.3 Å². The number of carbonyl (C=O) groups is 1. The third-order valence-corrected chi connectivity index (χ3v) is 6.08. The highest BCUT2D eigenvalue weighted by Gasteiger charge is 2.43. The molecule has 2 aliphatic heterocycles. The van der Waals surface area contributed by atoms with Crippen LogP contribution in [0.4, 0.5) is 0 Å². The van der Waals surface area contributed by atoms with Crippen LogP contribution in [-0.2, 0) is 10.0 Å². The summed E-state index contributed by atoms with van der Waals surface area (Å²) in [7, 11) is -3.49. The van der Waals surface area contributed by atoms with Crippen molar-refractivity contribution in [2.24, 2.45) is 11.7 Å². The third-order valence-electron chi connectivity index (χ3n) is 4.14. The Balaban J connectivity index is 1.90. The first kappa shape index (κ1) is 13.5. The summed E-state index contributed by atoms with van der Waals surface area (Å²) in [5.74, 6) is -0.148. The number of nitrogens with zero attached hydrogens (tertiary/aromatic N) is 1. The minimum Gasteiger partial charge on any atom is -0.366 e. The first-order chi connectivity index (χ1) is 9.50. The average molecular weight is 295 g/mol. The molecule has 7 heteroatoms. The monoisotopic (exact) mass is 295 g/mol. The molecule has 108 valence electrons. The molecular formula is C13H17N3O3S. The summed E-state index contributed by atoms with van der Waals surface area (Å²) in [5.41, 5.74) is 5.47. The standard InChI is InChI=1S/C13H17N3O3S/c14-13(17)9-1-3-11(4-2-9)20(18,19)16-6-5-10-7-15-8-12(10)16/h1-4,10,12,15H,5-8H2,(H2,14,17)/t10-,12+/m0/s1. The Kier molecular flexibility index (Phi) is 3.27. The summed E-state index contributed by atoms with van der Waals surface area (Å²) >= 11 is 0. The zero-order chi connectivity index (χ0) is 14.3. The van der Waals surface area contributed by atoms with Crippen LogP contribution >= 0.6 is 0 Å². The lowest BCUT2D eigenvalue weighted by atomic mass is 10.1. The van der Waals surface area contributed by atoms with Crippen LogP contribution in [0.3, 0.4) is 0 Å². The van der Waals surface area contributed by atoms with Gasteiger partial charge in [-0.15, -0.1) is 0 Å². The van der Waals surface area contributed by atoms with Gasteiger partial charge in [-0.05, 0) is 43.1 Å². The van der Waals surface area contributed by atoms with Gasteiger partial charge in [0.15, 0.2) is 0 Å². The summed E-state index contributed by atoms with van der Waals surface area (Å²) in [5, 5.41) is 3.23. The number of hydrogen-bond donors (Lipinski definition) is 2. The lowest BCUT2D eigenvalue weighted by Gasteiger charge is -2.22. The molecule has 0 radical (unpaired) electrons. The number of sulfonamides is 1. The predicted octanol–water partition coefficient (Wildman–Crippen LogP) is -0.232. The van der Waals surface area contributed by atoms with Crippen LogP contribution in [0.2, 0.25) is 0 Å². The number of fused-ring (bicyclic) bond motifs is 1. The van der Waals surface area contributed by atoms with E-state index >= 15 is 0 Å². The smallest absolute Gasteiger partial charge is 0.248 e. The van der Waals surface area contributed by atoms with Crippen molar-refractivity contribution in [2.45, 2.75) is 17.4 Å². The number of nitrogens with one attached hydrogen (secondary N) is 1. The van der Waals surface area contributed by atoms with Crippen LogP contribution in [0, 0.1) is 5.92 Å². The summed E-state index contributed by atoms with van der Waals surface area (Å²) in [4.78, 5) is 11.2. The van der Waals surface area contributed by atoms with Gasteiger partial charge in [0.2, 0.25) is 15.9 Å². The van der Waals surface area contributed by atoms with Crippen LogP contribution in [-0.4, -0.2) is 44.3 Å². The van der Waals surface area contributed by atoms with Crippen molar-refractivity contribution in [1.82, 2.24) is 9.62 Å². The van der Waals surface area contributed by atoms with Crippen molar-refractivity contribution in [3.05, 3.63) is 29.8 Å². The Bertz CT molecular complexity index is 627. The highest BCUT2D eigenvalue weighted by atomic mass is 32.2. The molecule has 3 N–H and O–H groups in total. The first-order valence-corrected chi connectivity index (χ1v) is 8.06. The van der Waals surface area contributed by atoms with E-state index in [4.69, 9.17) is 5.73 Å². The second kappa shape index (κ2) is 4.83. The van der Waals surface area contributed by atoms with E-state index in [-0.39, 0.29) is 10.9 Å². The van der Waals surface area contributed by atoms with Gasteiger partial charge in [0.05, 0.1) is 4.90 Å². The van der Waals surface area contributed by atoms with Crippen LogP contribution in [0.5, 0.6) is 0 Å². The Morgan fingerprint density at radius 1 is 1.25 bits per heavy atom. The van der Waals surface area contributed by atoms with E-state index in [2.05, 4.69) is 5.32 Å². The van der Waals surface area contributed by atoms with Crippen LogP contribution in [0.25, 0.3) is 0 Å². The molecule has 6 nitrogen and oxygen atoms in total. The summed E-state index contributed by atoms with van der Waals surface area (Å²) < 4.78 is 26.9. The zero-order valence-corrected chi connectivity index (χ0v) is 11.8. The molecule has 1 amide bonds. The molecular weight excluding hydrogens is 278 g/mol. The fourth-order valence-corrected chi connectivity index (χ4v) is 4.73. The van der Waals surface area contributed by atoms with Gasteiger partial charge >= 0.3 is 0 Å². The first-order valence-electron chi connectivity index (χ1n) is 6.62. The van der Waals surface area contributed by atoms with E-state index in [1.54, 1.807) is 4.31 Å². The molecule has 1 aromatic carbocycles. The van der Waals surface area contributed by atoms with Gasteiger partial charge in [0, 0.05) is 24.7 Å². The SMILES string of the molecule is NC(=O)c1ccc(S(=O)(=O)N2CC[C@H]3CNC[C@H]32)cc1. The minimum atomic E-state index is -3.49. The van der Waals surface area contributed by atoms with Gasteiger partial charge in [0.1, 0.15) is 0 Å². The van der Waals surface area contributed by atoms with Crippen molar-refractivity contribution in [3.63, 3.8) is 0 Å². The van der Waals surface area contributed by atoms with E-state index < -0.39 is 15.9 Å². The molecule has 0 spiro atoms. The number of hydrogen-bond acceptors (Lipinski definition) is 4. The minimum absolute atomic E-state index is 0.0517. The molecule has 20 heavy (non-hydrogen) atoms. The highest BCUT2D eigenvalue weighted by molar-refractivity contribution is 7.89. The fourth-order valence-electron chi connectivity index (χ4n) is 3.03. The molecule has 2 saturated heterocycles. The Labute approximate surface area is 118 Å². The van der Waals surface area contributed by atoms with E-state index in [0.717, 1.165) is 13.0 Å². The fraction of sp³-hybridized carbons (Fsp3) is 0.462. The van der Waals surface area contributed by atoms with Gasteiger partial charge in [-0.2, -0.15) is 4.31 Å². The second-order valence-electron chi connectivity index (χ2n) is 5.28. The van der Waals surface area contributed by atoms with Crippen molar-refractivity contribution in [3.8, 4) is 0 Å². The van der Waals surface area contributed by atoms with Crippen molar-refractivity contribution >= 4 is 15.9 Å². The topological polar surface area (TPSA) is 92.5 Å². The molecule has 3 rings (SSSR count). The summed E-state index contributed by atoms with van der Waals surface area (Å²) in [6, 6.07) is 5.86. The maximum atomic E-state index is 12.6. The van der Waals surface area contributed by atoms with Crippen LogP contribution < -0.4 is 11.1 Å². The molecule has 2 aliphatic rings. The predicted molar refractivity (Wildman–Crippen MR) is 73.6 cm³/mol. The Morgan fingerprint density at radius 2 is 1.95 bits per heavy atom. The lowest BCUT2D eigenvalue weighted by Crippen LogP contribution is -2.39. The number of benzene rings is 1. The Morgan fingerprint density at radius 3 is 2.60 bits per heavy atom. The van der Waals surface area contributed by atoms with Crippen molar-refractivity contribution in [1.29, 1.82) is 0 Å². The van der Waals surface area contributed by atoms with E-state index in [1.807, 2.05) is 0 Å². The average Bonchev–Trinajstić information content (AvgIpc) is 3.00. The lowest BCUT2D eigenvalue weighted by molar-refractivity contribution is 0.1000.